The first-order valence-corrected chi connectivity index (χ1v) is 6.79. The molecule has 3 nitrogen and oxygen atoms in total. The second kappa shape index (κ2) is 3.83. The van der Waals surface area contributed by atoms with Crippen LogP contribution in [-0.2, 0) is 0 Å². The lowest BCUT2D eigenvalue weighted by atomic mass is 10.1. The molecule has 0 radical (unpaired) electrons. The van der Waals surface area contributed by atoms with Gasteiger partial charge in [0, 0.05) is 11.8 Å². The molecule has 0 aliphatic rings. The van der Waals surface area contributed by atoms with Crippen LogP contribution in [0.15, 0.2) is 54.7 Å². The van der Waals surface area contributed by atoms with Gasteiger partial charge >= 0.3 is 0 Å². The molecule has 2 aromatic carbocycles. The Bertz CT molecular complexity index is 891. The molecule has 0 unspecified atom stereocenters. The highest BCUT2D eigenvalue weighted by Crippen LogP contribution is 2.32. The topological polar surface area (TPSA) is 37.5 Å². The van der Waals surface area contributed by atoms with Crippen molar-refractivity contribution in [3.8, 4) is 17.0 Å². The molecular formula is C15H10N2OS. The highest BCUT2D eigenvalue weighted by molar-refractivity contribution is 7.23. The second-order valence-corrected chi connectivity index (χ2v) is 5.37. The normalized spacial score (nSPS) is 11.4. The summed E-state index contributed by atoms with van der Waals surface area (Å²) >= 11 is 1.65. The van der Waals surface area contributed by atoms with Crippen molar-refractivity contribution >= 4 is 26.5 Å². The van der Waals surface area contributed by atoms with Gasteiger partial charge in [0.15, 0.2) is 4.96 Å². The van der Waals surface area contributed by atoms with E-state index in [9.17, 15) is 5.11 Å². The van der Waals surface area contributed by atoms with Crippen LogP contribution in [0.25, 0.3) is 26.4 Å². The van der Waals surface area contributed by atoms with Crippen LogP contribution in [0.3, 0.4) is 0 Å². The largest absolute Gasteiger partial charge is 0.507 e. The van der Waals surface area contributed by atoms with Gasteiger partial charge in [-0.25, -0.2) is 4.98 Å². The summed E-state index contributed by atoms with van der Waals surface area (Å²) < 4.78 is 3.29. The highest BCUT2D eigenvalue weighted by atomic mass is 32.1. The number of hydrogen-bond acceptors (Lipinski definition) is 3. The van der Waals surface area contributed by atoms with Crippen LogP contribution in [-0.4, -0.2) is 14.5 Å². The van der Waals surface area contributed by atoms with Crippen LogP contribution in [0.5, 0.6) is 5.75 Å². The number of para-hydroxylation sites is 2. The fourth-order valence-corrected chi connectivity index (χ4v) is 3.28. The highest BCUT2D eigenvalue weighted by Gasteiger charge is 2.11. The lowest BCUT2D eigenvalue weighted by molar-refractivity contribution is 0.477. The Morgan fingerprint density at radius 1 is 1.00 bits per heavy atom. The van der Waals surface area contributed by atoms with Crippen molar-refractivity contribution in [3.05, 3.63) is 54.7 Å². The van der Waals surface area contributed by atoms with Crippen LogP contribution < -0.4 is 0 Å². The molecule has 2 heterocycles. The minimum atomic E-state index is 0.262. The third-order valence-electron chi connectivity index (χ3n) is 3.18. The van der Waals surface area contributed by atoms with Crippen molar-refractivity contribution in [3.63, 3.8) is 0 Å². The maximum absolute atomic E-state index is 9.89. The van der Waals surface area contributed by atoms with Gasteiger partial charge in [-0.1, -0.05) is 35.6 Å². The number of rotatable bonds is 1. The minimum Gasteiger partial charge on any atom is -0.507 e. The lowest BCUT2D eigenvalue weighted by Gasteiger charge is -1.98. The Kier molecular flexibility index (Phi) is 2.13. The Morgan fingerprint density at radius 3 is 2.68 bits per heavy atom. The number of fused-ring (bicyclic) bond motifs is 3. The molecule has 0 saturated carbocycles. The van der Waals surface area contributed by atoms with E-state index in [-0.39, 0.29) is 5.75 Å². The van der Waals surface area contributed by atoms with Gasteiger partial charge in [-0.15, -0.1) is 0 Å². The van der Waals surface area contributed by atoms with Gasteiger partial charge in [-0.3, -0.25) is 4.40 Å². The van der Waals surface area contributed by atoms with Gasteiger partial charge in [0.05, 0.1) is 15.9 Å². The molecule has 0 aliphatic carbocycles. The maximum Gasteiger partial charge on any atom is 0.195 e. The van der Waals surface area contributed by atoms with Crippen molar-refractivity contribution in [1.29, 1.82) is 0 Å². The minimum absolute atomic E-state index is 0.262. The number of aromatic nitrogens is 2. The van der Waals surface area contributed by atoms with Crippen LogP contribution in [0.4, 0.5) is 0 Å². The van der Waals surface area contributed by atoms with Gasteiger partial charge in [0.2, 0.25) is 0 Å². The summed E-state index contributed by atoms with van der Waals surface area (Å²) in [7, 11) is 0. The monoisotopic (exact) mass is 266 g/mol. The van der Waals surface area contributed by atoms with Gasteiger partial charge in [-0.05, 0) is 24.3 Å². The number of thiazole rings is 1. The van der Waals surface area contributed by atoms with E-state index in [1.54, 1.807) is 17.4 Å². The summed E-state index contributed by atoms with van der Waals surface area (Å²) in [5.74, 6) is 0.262. The average molecular weight is 266 g/mol. The molecule has 0 atom stereocenters. The molecule has 0 spiro atoms. The standard InChI is InChI=1S/C15H10N2OS/c18-13-7-3-1-5-10(13)11-9-17-12-6-2-4-8-14(12)19-15(17)16-11/h1-9,18H. The van der Waals surface area contributed by atoms with E-state index in [1.807, 2.05) is 36.5 Å². The van der Waals surface area contributed by atoms with Crippen molar-refractivity contribution in [1.82, 2.24) is 9.38 Å². The fourth-order valence-electron chi connectivity index (χ4n) is 2.27. The number of benzene rings is 2. The first-order valence-electron chi connectivity index (χ1n) is 5.98. The Labute approximate surface area is 113 Å². The molecular weight excluding hydrogens is 256 g/mol. The van der Waals surface area contributed by atoms with Crippen molar-refractivity contribution in [2.45, 2.75) is 0 Å². The number of aromatic hydroxyl groups is 1. The number of phenolic OH excluding ortho intramolecular Hbond substituents is 1. The van der Waals surface area contributed by atoms with Crippen LogP contribution in [0.1, 0.15) is 0 Å². The SMILES string of the molecule is Oc1ccccc1-c1cn2c(n1)sc1ccccc12. The fraction of sp³-hybridized carbons (Fsp3) is 0. The summed E-state index contributed by atoms with van der Waals surface area (Å²) in [5, 5.41) is 9.89. The van der Waals surface area contributed by atoms with Gasteiger partial charge in [-0.2, -0.15) is 0 Å². The van der Waals surface area contributed by atoms with Crippen LogP contribution in [0, 0.1) is 0 Å². The first kappa shape index (κ1) is 10.6. The van der Waals surface area contributed by atoms with E-state index in [0.29, 0.717) is 0 Å². The molecule has 2 aromatic heterocycles. The predicted octanol–water partition coefficient (Wildman–Crippen LogP) is 3.92. The van der Waals surface area contributed by atoms with E-state index < -0.39 is 0 Å². The van der Waals surface area contributed by atoms with E-state index in [0.717, 1.165) is 21.7 Å². The first-order chi connectivity index (χ1) is 9.33. The van der Waals surface area contributed by atoms with Gasteiger partial charge in [0.25, 0.3) is 0 Å². The van der Waals surface area contributed by atoms with E-state index >= 15 is 0 Å². The van der Waals surface area contributed by atoms with E-state index in [2.05, 4.69) is 21.5 Å². The predicted molar refractivity (Wildman–Crippen MR) is 77.7 cm³/mol. The Balaban J connectivity index is 2.00. The molecule has 19 heavy (non-hydrogen) atoms. The van der Waals surface area contributed by atoms with E-state index in [1.165, 1.54) is 4.70 Å². The molecule has 92 valence electrons. The lowest BCUT2D eigenvalue weighted by Crippen LogP contribution is -1.78. The van der Waals surface area contributed by atoms with Crippen LogP contribution in [0.2, 0.25) is 0 Å². The smallest absolute Gasteiger partial charge is 0.195 e. The zero-order valence-electron chi connectivity index (χ0n) is 9.95. The third-order valence-corrected chi connectivity index (χ3v) is 4.22. The van der Waals surface area contributed by atoms with Crippen LogP contribution >= 0.6 is 11.3 Å². The summed E-state index contributed by atoms with van der Waals surface area (Å²) in [4.78, 5) is 5.55. The number of phenols is 1. The summed E-state index contributed by atoms with van der Waals surface area (Å²) in [5.41, 5.74) is 2.72. The van der Waals surface area contributed by atoms with Crippen molar-refractivity contribution in [2.75, 3.05) is 0 Å². The Hall–Kier alpha value is -2.33. The zero-order valence-corrected chi connectivity index (χ0v) is 10.8. The number of hydrogen-bond donors (Lipinski definition) is 1. The quantitative estimate of drug-likeness (QED) is 0.567. The van der Waals surface area contributed by atoms with Gasteiger partial charge < -0.3 is 5.11 Å². The maximum atomic E-state index is 9.89. The molecule has 0 amide bonds. The molecule has 4 rings (SSSR count). The average Bonchev–Trinajstić information content (AvgIpc) is 2.96. The molecule has 0 bridgehead atoms. The number of nitrogens with zero attached hydrogens (tertiary/aromatic N) is 2. The van der Waals surface area contributed by atoms with E-state index in [4.69, 9.17) is 0 Å². The molecule has 0 saturated heterocycles. The summed E-state index contributed by atoms with van der Waals surface area (Å²) in [6.07, 6.45) is 1.98. The number of imidazole rings is 1. The molecule has 4 aromatic rings. The summed E-state index contributed by atoms with van der Waals surface area (Å²) in [6.45, 7) is 0. The molecule has 0 fully saturated rings. The molecule has 4 heteroatoms. The zero-order chi connectivity index (χ0) is 12.8. The molecule has 0 aliphatic heterocycles. The van der Waals surface area contributed by atoms with Crippen molar-refractivity contribution in [2.24, 2.45) is 0 Å². The summed E-state index contributed by atoms with van der Waals surface area (Å²) in [6, 6.07) is 15.5. The Morgan fingerprint density at radius 2 is 1.79 bits per heavy atom. The van der Waals surface area contributed by atoms with Gasteiger partial charge in [0.1, 0.15) is 5.75 Å². The third kappa shape index (κ3) is 1.54. The van der Waals surface area contributed by atoms with Crippen molar-refractivity contribution < 1.29 is 5.11 Å². The second-order valence-electron chi connectivity index (χ2n) is 4.37. The molecule has 1 N–H and O–H groups in total.